The Hall–Kier alpha value is -2.48. The van der Waals surface area contributed by atoms with Crippen LogP contribution in [0.25, 0.3) is 0 Å². The summed E-state index contributed by atoms with van der Waals surface area (Å²) in [5.41, 5.74) is 0. The van der Waals surface area contributed by atoms with Crippen molar-refractivity contribution in [3.8, 4) is 0 Å². The largest absolute Gasteiger partial charge is 0.479 e. The van der Waals surface area contributed by atoms with E-state index in [9.17, 15) is 75.4 Å². The highest BCUT2D eigenvalue weighted by Gasteiger charge is 2.40. The molecule has 0 bridgehead atoms. The number of aliphatic hydroxyl groups excluding tert-OH is 6. The molecular weight excluding hydrogens is 1290 g/mol. The van der Waals surface area contributed by atoms with E-state index in [-0.39, 0.29) is 78.6 Å². The van der Waals surface area contributed by atoms with E-state index in [1.165, 1.54) is 0 Å². The van der Waals surface area contributed by atoms with Crippen molar-refractivity contribution in [1.29, 1.82) is 0 Å². The molecule has 504 valence electrons. The molecule has 5 aliphatic rings. The molecule has 0 aromatic carbocycles. The molecule has 83 heavy (non-hydrogen) atoms. The minimum absolute atomic E-state index is 0. The zero-order chi connectivity index (χ0) is 61.7. The molecule has 24 N–H and O–H groups in total. The smallest absolute Gasteiger partial charge is 0.397 e. The van der Waals surface area contributed by atoms with E-state index in [1.807, 2.05) is 13.8 Å². The van der Waals surface area contributed by atoms with Crippen molar-refractivity contribution < 1.29 is 195 Å². The van der Waals surface area contributed by atoms with E-state index < -0.39 is 180 Å². The fourth-order valence-electron chi connectivity index (χ4n) is 6.67. The van der Waals surface area contributed by atoms with Gasteiger partial charge in [-0.05, 0) is 6.92 Å². The molecule has 5 aliphatic heterocycles. The summed E-state index contributed by atoms with van der Waals surface area (Å²) in [5, 5.41) is 70.3. The first-order chi connectivity index (χ1) is 35.9. The van der Waals surface area contributed by atoms with Gasteiger partial charge in [-0.2, -0.15) is 60.0 Å². The van der Waals surface area contributed by atoms with Crippen molar-refractivity contribution in [3.05, 3.63) is 0 Å². The molecule has 5 heterocycles. The summed E-state index contributed by atoms with van der Waals surface area (Å²) in [6.07, 6.45) is -12.8. The van der Waals surface area contributed by atoms with Crippen molar-refractivity contribution in [3.63, 3.8) is 0 Å². The average molecular weight is 1360 g/mol. The normalized spacial score (nSPS) is 31.0. The first-order valence-corrected chi connectivity index (χ1v) is 30.2. The Kier molecular flexibility index (Phi) is 43.2. The quantitative estimate of drug-likeness (QED) is 0.0601. The fourth-order valence-corrected chi connectivity index (χ4v) is 9.55. The monoisotopic (exact) mass is 1360 g/mol. The van der Waals surface area contributed by atoms with Gasteiger partial charge in [-0.1, -0.05) is 6.92 Å². The first-order valence-electron chi connectivity index (χ1n) is 21.8. The minimum atomic E-state index is -4.96. The Balaban J connectivity index is -0.000000306. The van der Waals surface area contributed by atoms with Gasteiger partial charge in [-0.25, -0.2) is 26.3 Å². The third-order valence-corrected chi connectivity index (χ3v) is 13.4. The summed E-state index contributed by atoms with van der Waals surface area (Å²) in [6, 6.07) is -2.42. The molecule has 10 unspecified atom stereocenters. The Morgan fingerprint density at radius 1 is 0.482 bits per heavy atom. The number of carboxylic acid groups (broad SMARTS) is 2. The number of hydrogen-bond donors (Lipinski definition) is 16. The number of hydrogen-bond acceptors (Lipinski definition) is 30. The Morgan fingerprint density at radius 3 is 1.24 bits per heavy atom. The van der Waals surface area contributed by atoms with Crippen LogP contribution in [0.2, 0.25) is 0 Å². The van der Waals surface area contributed by atoms with Crippen LogP contribution in [0.15, 0.2) is 0 Å². The number of aliphatic carboxylic acids is 2. The van der Waals surface area contributed by atoms with Gasteiger partial charge in [0.05, 0.1) is 101 Å². The highest BCUT2D eigenvalue weighted by Crippen LogP contribution is 2.23. The number of ether oxygens (including phenoxy) is 6. The second kappa shape index (κ2) is 40.1. The number of nitrogens with one attached hydrogen (secondary N) is 2. The number of aliphatic hydroxyl groups is 6. The molecule has 0 aliphatic carbocycles. The fraction of sp³-hybridized carbons (Fsp3) is 0.939. The van der Waals surface area contributed by atoms with E-state index >= 15 is 0 Å². The molecule has 5 saturated heterocycles. The molecular formula is C33H74N2O42S6. The van der Waals surface area contributed by atoms with Crippen LogP contribution in [-0.2, 0) is 117 Å². The minimum Gasteiger partial charge on any atom is -0.479 e. The van der Waals surface area contributed by atoms with Gasteiger partial charge >= 0.3 is 74.1 Å². The van der Waals surface area contributed by atoms with Crippen LogP contribution < -0.4 is 9.44 Å². The molecule has 0 aromatic rings. The second-order valence-electron chi connectivity index (χ2n) is 16.6. The van der Waals surface area contributed by atoms with Crippen molar-refractivity contribution in [1.82, 2.24) is 9.44 Å². The predicted molar refractivity (Wildman–Crippen MR) is 265 cm³/mol. The van der Waals surface area contributed by atoms with Crippen LogP contribution >= 0.6 is 0 Å². The molecule has 0 amide bonds. The maximum atomic E-state index is 10.7. The summed E-state index contributed by atoms with van der Waals surface area (Å²) in [7, 11) is -25.6. The van der Waals surface area contributed by atoms with Gasteiger partial charge in [-0.3, -0.25) is 27.3 Å². The lowest BCUT2D eigenvalue weighted by Gasteiger charge is -2.36. The van der Waals surface area contributed by atoms with E-state index in [0.717, 1.165) is 7.11 Å². The molecule has 5 rings (SSSR count). The van der Waals surface area contributed by atoms with E-state index in [1.54, 1.807) is 16.6 Å². The van der Waals surface area contributed by atoms with E-state index in [4.69, 9.17) is 81.3 Å². The zero-order valence-electron chi connectivity index (χ0n) is 43.5. The molecule has 50 heteroatoms. The summed E-state index contributed by atoms with van der Waals surface area (Å²) in [4.78, 5) is 20.7. The predicted octanol–water partition coefficient (Wildman–Crippen LogP) is -11.0. The molecule has 0 aromatic heterocycles. The Bertz CT molecular complexity index is 2530. The van der Waals surface area contributed by atoms with Crippen LogP contribution in [0.4, 0.5) is 0 Å². The standard InChI is InChI=1S/C8H16O3.C6H13NO12S3.C6H13NO9S2.C6H10O8S.C6H10O5.CH4O.4H2O/c1-5-4-11-6(2)8(10-3)7(5)9;8-20(9,10)7-5-3-17-4(2-18-21(11,12)13)1-6(5)19-22(14,15)16;8-6-1-4(2-16-18(12,13)14)15-3-5(6)7-17(9,10)11;7-3-1-4(6(8)9)13-2-5(3)14-15(10,11)12;7-3-1-5(6(9)10)11-2-4(3)8;1-2;;;;/h5-9H,4H2,1-3H3;4-7H,1-3H2,(H,8,9,10)(H,11,12,13)(H,14,15,16);4-8H,1-3H2,(H,9,10,11)(H,12,13,14);3-5,7H,1-2H2,(H,8,9)(H,10,11,12);3-5,7-8H,1-2H2,(H,9,10);2H,1H3;4*1H2/t5?,6?,7-,8+;2*4?,5?,6-;2*3-,4?,5?;;;;;/m01111...../s1. The van der Waals surface area contributed by atoms with Gasteiger partial charge in [0.2, 0.25) is 0 Å². The highest BCUT2D eigenvalue weighted by atomic mass is 32.3. The van der Waals surface area contributed by atoms with E-state index in [0.29, 0.717) is 6.61 Å². The van der Waals surface area contributed by atoms with Crippen LogP contribution in [-0.4, -0.2) is 304 Å². The highest BCUT2D eigenvalue weighted by molar-refractivity contribution is 7.84. The second-order valence-corrected chi connectivity index (χ2v) is 23.2. The SMILES string of the molecule is CO.CO[C@@H]1C(C)OCC(C)[C@@H]1O.O.O.O.O.O=C(O)C1C[C@@H](O)C(O)CO1.O=C(O)C1C[C@@H](O)C(OS(=O)(=O)O)CO1.O=S(=O)(O)NC1COC(COS(=O)(=O)O)C[C@H]1O.O=S(=O)(O)NC1COC(COS(=O)(=O)O)C[C@H]1OS(=O)(=O)O. The molecule has 0 saturated carbocycles. The third-order valence-electron chi connectivity index (χ3n) is 10.4. The summed E-state index contributed by atoms with van der Waals surface area (Å²) in [5.74, 6) is -2.17. The van der Waals surface area contributed by atoms with Gasteiger partial charge < -0.3 is 91.2 Å². The summed E-state index contributed by atoms with van der Waals surface area (Å²) in [6.45, 7) is 1.96. The van der Waals surface area contributed by atoms with Crippen LogP contribution in [0.1, 0.15) is 39.5 Å². The Labute approximate surface area is 474 Å². The molecule has 5 fully saturated rings. The van der Waals surface area contributed by atoms with Crippen LogP contribution in [0.3, 0.4) is 0 Å². The number of methoxy groups -OCH3 is 1. The molecule has 0 spiro atoms. The van der Waals surface area contributed by atoms with E-state index in [2.05, 4.69) is 16.7 Å². The van der Waals surface area contributed by atoms with Crippen molar-refractivity contribution in [2.24, 2.45) is 5.92 Å². The maximum absolute atomic E-state index is 10.7. The van der Waals surface area contributed by atoms with Crippen LogP contribution in [0.5, 0.6) is 0 Å². The lowest BCUT2D eigenvalue weighted by molar-refractivity contribution is -0.168. The van der Waals surface area contributed by atoms with Gasteiger partial charge in [-0.15, -0.1) is 0 Å². The molecule has 44 nitrogen and oxygen atoms in total. The zero-order valence-corrected chi connectivity index (χ0v) is 48.4. The molecule has 0 radical (unpaired) electrons. The Morgan fingerprint density at radius 2 is 0.880 bits per heavy atom. The van der Waals surface area contributed by atoms with Crippen LogP contribution in [0, 0.1) is 5.92 Å². The third kappa shape index (κ3) is 40.6. The van der Waals surface area contributed by atoms with Gasteiger partial charge in [0.1, 0.15) is 24.4 Å². The van der Waals surface area contributed by atoms with Gasteiger partial charge in [0.25, 0.3) is 0 Å². The first kappa shape index (κ1) is 89.3. The topological polar surface area (TPSA) is 765 Å². The number of carbonyl (C=O) groups is 2. The average Bonchev–Trinajstić information content (AvgIpc) is 3.29. The summed E-state index contributed by atoms with van der Waals surface area (Å²) >= 11 is 0. The van der Waals surface area contributed by atoms with Gasteiger partial charge in [0.15, 0.2) is 12.2 Å². The lowest BCUT2D eigenvalue weighted by atomic mass is 9.94. The number of rotatable bonds is 17. The van der Waals surface area contributed by atoms with Crippen molar-refractivity contribution in [2.45, 2.75) is 131 Å². The van der Waals surface area contributed by atoms with Crippen molar-refractivity contribution in [2.75, 3.05) is 60.5 Å². The maximum Gasteiger partial charge on any atom is 0.397 e. The summed E-state index contributed by atoms with van der Waals surface area (Å²) < 4.78 is 227. The number of carboxylic acids is 2. The lowest BCUT2D eigenvalue weighted by Crippen LogP contribution is -2.53. The molecule has 16 atom stereocenters. The van der Waals surface area contributed by atoms with Gasteiger partial charge in [0, 0.05) is 45.8 Å². The van der Waals surface area contributed by atoms with Crippen molar-refractivity contribution >= 4 is 74.1 Å².